The number of halogens is 2. The van der Waals surface area contributed by atoms with Crippen molar-refractivity contribution < 1.29 is 9.59 Å². The molecule has 0 unspecified atom stereocenters. The highest BCUT2D eigenvalue weighted by Crippen LogP contribution is 2.30. The predicted octanol–water partition coefficient (Wildman–Crippen LogP) is 5.40. The van der Waals surface area contributed by atoms with Gasteiger partial charge in [0.1, 0.15) is 0 Å². The van der Waals surface area contributed by atoms with E-state index in [9.17, 15) is 9.59 Å². The van der Waals surface area contributed by atoms with Gasteiger partial charge in [-0.05, 0) is 35.4 Å². The van der Waals surface area contributed by atoms with Crippen LogP contribution < -0.4 is 16.4 Å². The van der Waals surface area contributed by atoms with E-state index in [1.807, 2.05) is 30.3 Å². The standard InChI is InChI=1S/C20H15Cl2N3O2/c21-15-7-4-8-16(18(15)22)24-20(27)25-17-11-13(9-10-14(17)19(23)26)12-5-2-1-3-6-12/h1-11H,(H2,23,26)(H2,24,25,27). The van der Waals surface area contributed by atoms with Gasteiger partial charge >= 0.3 is 6.03 Å². The van der Waals surface area contributed by atoms with Crippen LogP contribution in [0.5, 0.6) is 0 Å². The van der Waals surface area contributed by atoms with E-state index in [-0.39, 0.29) is 10.6 Å². The lowest BCUT2D eigenvalue weighted by Gasteiger charge is -2.13. The summed E-state index contributed by atoms with van der Waals surface area (Å²) in [7, 11) is 0. The third kappa shape index (κ3) is 4.39. The summed E-state index contributed by atoms with van der Waals surface area (Å²) in [5.41, 5.74) is 8.03. The van der Waals surface area contributed by atoms with Crippen LogP contribution in [0.4, 0.5) is 16.2 Å². The number of carbonyl (C=O) groups is 2. The van der Waals surface area contributed by atoms with Crippen LogP contribution in [0.3, 0.4) is 0 Å². The second-order valence-electron chi connectivity index (χ2n) is 5.67. The summed E-state index contributed by atoms with van der Waals surface area (Å²) in [5, 5.41) is 5.79. The zero-order chi connectivity index (χ0) is 19.4. The summed E-state index contributed by atoms with van der Waals surface area (Å²) in [6.45, 7) is 0. The van der Waals surface area contributed by atoms with Gasteiger partial charge in [0, 0.05) is 0 Å². The second kappa shape index (κ2) is 8.12. The first-order valence-electron chi connectivity index (χ1n) is 7.97. The molecule has 0 fully saturated rings. The predicted molar refractivity (Wildman–Crippen MR) is 109 cm³/mol. The highest BCUT2D eigenvalue weighted by atomic mass is 35.5. The van der Waals surface area contributed by atoms with Crippen LogP contribution in [0.1, 0.15) is 10.4 Å². The Bertz CT molecular complexity index is 1010. The van der Waals surface area contributed by atoms with E-state index >= 15 is 0 Å². The summed E-state index contributed by atoms with van der Waals surface area (Å²) in [4.78, 5) is 24.1. The molecule has 5 nitrogen and oxygen atoms in total. The average molecular weight is 400 g/mol. The van der Waals surface area contributed by atoms with Crippen molar-refractivity contribution in [3.63, 3.8) is 0 Å². The number of hydrogen-bond acceptors (Lipinski definition) is 2. The summed E-state index contributed by atoms with van der Waals surface area (Å²) in [6.07, 6.45) is 0. The van der Waals surface area contributed by atoms with E-state index in [0.29, 0.717) is 16.4 Å². The lowest BCUT2D eigenvalue weighted by Crippen LogP contribution is -2.22. The lowest BCUT2D eigenvalue weighted by atomic mass is 10.0. The molecule has 136 valence electrons. The monoisotopic (exact) mass is 399 g/mol. The molecule has 0 radical (unpaired) electrons. The third-order valence-corrected chi connectivity index (χ3v) is 4.66. The summed E-state index contributed by atoms with van der Waals surface area (Å²) < 4.78 is 0. The summed E-state index contributed by atoms with van der Waals surface area (Å²) in [5.74, 6) is -0.648. The van der Waals surface area contributed by atoms with Crippen molar-refractivity contribution in [2.75, 3.05) is 10.6 Å². The van der Waals surface area contributed by atoms with Crippen molar-refractivity contribution in [3.8, 4) is 11.1 Å². The Kier molecular flexibility index (Phi) is 5.64. The van der Waals surface area contributed by atoms with Gasteiger partial charge in [0.05, 0.1) is 27.0 Å². The Balaban J connectivity index is 1.89. The molecule has 0 aliphatic rings. The van der Waals surface area contributed by atoms with Gasteiger partial charge in [-0.2, -0.15) is 0 Å². The van der Waals surface area contributed by atoms with Crippen LogP contribution in [0.15, 0.2) is 66.7 Å². The SMILES string of the molecule is NC(=O)c1ccc(-c2ccccc2)cc1NC(=O)Nc1cccc(Cl)c1Cl. The van der Waals surface area contributed by atoms with E-state index in [2.05, 4.69) is 10.6 Å². The Morgan fingerprint density at radius 3 is 2.19 bits per heavy atom. The highest BCUT2D eigenvalue weighted by molar-refractivity contribution is 6.44. The van der Waals surface area contributed by atoms with Gasteiger partial charge in [0.15, 0.2) is 0 Å². The molecule has 4 N–H and O–H groups in total. The first-order chi connectivity index (χ1) is 13.0. The molecule has 0 aromatic heterocycles. The largest absolute Gasteiger partial charge is 0.366 e. The number of urea groups is 1. The topological polar surface area (TPSA) is 84.2 Å². The molecule has 0 aliphatic carbocycles. The molecule has 0 atom stereocenters. The van der Waals surface area contributed by atoms with Crippen LogP contribution in [0.2, 0.25) is 10.0 Å². The first-order valence-corrected chi connectivity index (χ1v) is 8.72. The van der Waals surface area contributed by atoms with Gasteiger partial charge in [0.2, 0.25) is 0 Å². The fourth-order valence-electron chi connectivity index (χ4n) is 2.55. The third-order valence-electron chi connectivity index (χ3n) is 3.84. The van der Waals surface area contributed by atoms with Crippen LogP contribution >= 0.6 is 23.2 Å². The van der Waals surface area contributed by atoms with Gasteiger partial charge in [-0.15, -0.1) is 0 Å². The first kappa shape index (κ1) is 18.8. The lowest BCUT2D eigenvalue weighted by molar-refractivity contribution is 0.100. The molecule has 0 aliphatic heterocycles. The van der Waals surface area contributed by atoms with Gasteiger partial charge in [-0.1, -0.05) is 65.7 Å². The fourth-order valence-corrected chi connectivity index (χ4v) is 2.90. The highest BCUT2D eigenvalue weighted by Gasteiger charge is 2.14. The quantitative estimate of drug-likeness (QED) is 0.548. The average Bonchev–Trinajstić information content (AvgIpc) is 2.66. The molecular formula is C20H15Cl2N3O2. The molecule has 0 heterocycles. The Morgan fingerprint density at radius 1 is 0.778 bits per heavy atom. The summed E-state index contributed by atoms with van der Waals surface area (Å²) >= 11 is 12.0. The number of benzene rings is 3. The molecule has 3 rings (SSSR count). The fraction of sp³-hybridized carbons (Fsp3) is 0. The van der Waals surface area contributed by atoms with E-state index < -0.39 is 11.9 Å². The molecule has 3 aromatic carbocycles. The zero-order valence-corrected chi connectivity index (χ0v) is 15.5. The molecule has 3 aromatic rings. The number of nitrogens with two attached hydrogens (primary N) is 1. The maximum absolute atomic E-state index is 12.4. The number of anilines is 2. The normalized spacial score (nSPS) is 10.3. The van der Waals surface area contributed by atoms with Gasteiger partial charge in [-0.3, -0.25) is 4.79 Å². The molecule has 0 saturated carbocycles. The van der Waals surface area contributed by atoms with Crippen molar-refractivity contribution in [1.82, 2.24) is 0 Å². The molecule has 7 heteroatoms. The van der Waals surface area contributed by atoms with Crippen molar-refractivity contribution in [2.45, 2.75) is 0 Å². The Hall–Kier alpha value is -3.02. The van der Waals surface area contributed by atoms with Crippen LogP contribution in [0, 0.1) is 0 Å². The van der Waals surface area contributed by atoms with E-state index in [1.54, 1.807) is 36.4 Å². The van der Waals surface area contributed by atoms with E-state index in [1.165, 1.54) is 0 Å². The van der Waals surface area contributed by atoms with Crippen molar-refractivity contribution in [1.29, 1.82) is 0 Å². The van der Waals surface area contributed by atoms with Crippen LogP contribution in [-0.4, -0.2) is 11.9 Å². The number of primary amides is 1. The maximum Gasteiger partial charge on any atom is 0.323 e. The smallest absolute Gasteiger partial charge is 0.323 e. The second-order valence-corrected chi connectivity index (χ2v) is 6.46. The number of hydrogen-bond donors (Lipinski definition) is 3. The molecular weight excluding hydrogens is 385 g/mol. The molecule has 0 spiro atoms. The summed E-state index contributed by atoms with van der Waals surface area (Å²) in [6, 6.07) is 18.9. The van der Waals surface area contributed by atoms with Gasteiger partial charge in [0.25, 0.3) is 5.91 Å². The minimum atomic E-state index is -0.648. The minimum absolute atomic E-state index is 0.196. The number of nitrogens with one attached hydrogen (secondary N) is 2. The molecule has 0 bridgehead atoms. The van der Waals surface area contributed by atoms with Crippen molar-refractivity contribution >= 4 is 46.5 Å². The number of carbonyl (C=O) groups excluding carboxylic acids is 2. The minimum Gasteiger partial charge on any atom is -0.366 e. The van der Waals surface area contributed by atoms with Gasteiger partial charge < -0.3 is 16.4 Å². The number of rotatable bonds is 4. The number of amides is 3. The van der Waals surface area contributed by atoms with Crippen LogP contribution in [0.25, 0.3) is 11.1 Å². The van der Waals surface area contributed by atoms with Crippen molar-refractivity contribution in [2.24, 2.45) is 5.73 Å². The van der Waals surface area contributed by atoms with Gasteiger partial charge in [-0.25, -0.2) is 4.79 Å². The van der Waals surface area contributed by atoms with Crippen molar-refractivity contribution in [3.05, 3.63) is 82.3 Å². The molecule has 0 saturated heterocycles. The maximum atomic E-state index is 12.4. The zero-order valence-electron chi connectivity index (χ0n) is 14.0. The Morgan fingerprint density at radius 2 is 1.48 bits per heavy atom. The van der Waals surface area contributed by atoms with E-state index in [0.717, 1.165) is 11.1 Å². The molecule has 27 heavy (non-hydrogen) atoms. The van der Waals surface area contributed by atoms with Crippen LogP contribution in [-0.2, 0) is 0 Å². The molecule has 3 amide bonds. The van der Waals surface area contributed by atoms with E-state index in [4.69, 9.17) is 28.9 Å². The Labute approximate surface area is 166 Å².